The van der Waals surface area contributed by atoms with Gasteiger partial charge in [-0.2, -0.15) is 0 Å². The molecule has 0 aromatic rings. The quantitative estimate of drug-likeness (QED) is 0.358. The summed E-state index contributed by atoms with van der Waals surface area (Å²) in [6.45, 7) is 10.3. The summed E-state index contributed by atoms with van der Waals surface area (Å²) in [4.78, 5) is 22.3. The highest BCUT2D eigenvalue weighted by Gasteiger charge is 2.16. The summed E-state index contributed by atoms with van der Waals surface area (Å²) >= 11 is 0. The third-order valence-corrected chi connectivity index (χ3v) is 1.06. The molecule has 0 N–H and O–H groups in total. The van der Waals surface area contributed by atoms with Crippen molar-refractivity contribution in [3.05, 3.63) is 0 Å². The van der Waals surface area contributed by atoms with Gasteiger partial charge in [-0.05, 0) is 41.5 Å². The van der Waals surface area contributed by atoms with E-state index in [0.717, 1.165) is 0 Å². The van der Waals surface area contributed by atoms with Gasteiger partial charge in [0, 0.05) is 11.8 Å². The first kappa shape index (κ1) is 14.5. The summed E-state index contributed by atoms with van der Waals surface area (Å²) in [5.74, 6) is 2.68. The van der Waals surface area contributed by atoms with E-state index < -0.39 is 23.1 Å². The zero-order valence-corrected chi connectivity index (χ0v) is 10.6. The molecule has 16 heavy (non-hydrogen) atoms. The predicted octanol–water partition coefficient (Wildman–Crippen LogP) is 1.67. The zero-order chi connectivity index (χ0) is 13.0. The van der Waals surface area contributed by atoms with Crippen molar-refractivity contribution in [2.45, 2.75) is 52.7 Å². The molecule has 0 saturated carbocycles. The van der Waals surface area contributed by atoms with Gasteiger partial charge in [0.25, 0.3) is 0 Å². The number of hydrogen-bond donors (Lipinski definition) is 0. The molecule has 0 rings (SSSR count). The summed E-state index contributed by atoms with van der Waals surface area (Å²) in [6, 6.07) is 0. The van der Waals surface area contributed by atoms with Crippen molar-refractivity contribution >= 4 is 11.9 Å². The van der Waals surface area contributed by atoms with Crippen molar-refractivity contribution in [2.75, 3.05) is 0 Å². The van der Waals surface area contributed by atoms with Gasteiger partial charge in [-0.15, -0.1) is 0 Å². The summed E-state index contributed by atoms with van der Waals surface area (Å²) in [7, 11) is 0. The summed E-state index contributed by atoms with van der Waals surface area (Å²) in [5.41, 5.74) is -1.22. The largest absolute Gasteiger partial charge is 0.450 e. The highest BCUT2D eigenvalue weighted by atomic mass is 16.6. The lowest BCUT2D eigenvalue weighted by Crippen LogP contribution is -2.24. The van der Waals surface area contributed by atoms with Gasteiger partial charge in [0.15, 0.2) is 0 Å². The van der Waals surface area contributed by atoms with Crippen LogP contribution in [0, 0.1) is 11.8 Å². The molecular weight excluding hydrogens is 208 g/mol. The maximum atomic E-state index is 11.1. The lowest BCUT2D eigenvalue weighted by molar-refractivity contribution is -0.149. The van der Waals surface area contributed by atoms with Gasteiger partial charge in [0.2, 0.25) is 0 Å². The van der Waals surface area contributed by atoms with Crippen LogP contribution in [0.1, 0.15) is 41.5 Å². The minimum atomic E-state index is -0.738. The van der Waals surface area contributed by atoms with Crippen LogP contribution in [0.5, 0.6) is 0 Å². The third-order valence-electron chi connectivity index (χ3n) is 1.06. The molecule has 0 amide bonds. The van der Waals surface area contributed by atoms with Gasteiger partial charge >= 0.3 is 11.9 Å². The Hall–Kier alpha value is -1.50. The van der Waals surface area contributed by atoms with Crippen LogP contribution in [0.3, 0.4) is 0 Å². The van der Waals surface area contributed by atoms with Crippen LogP contribution < -0.4 is 0 Å². The molecule has 0 aromatic heterocycles. The van der Waals surface area contributed by atoms with Crippen LogP contribution >= 0.6 is 0 Å². The topological polar surface area (TPSA) is 52.6 Å². The van der Waals surface area contributed by atoms with Crippen molar-refractivity contribution < 1.29 is 19.1 Å². The molecule has 0 aliphatic carbocycles. The lowest BCUT2D eigenvalue weighted by atomic mass is 10.2. The molecule has 0 atom stereocenters. The maximum absolute atomic E-state index is 11.1. The fraction of sp³-hybridized carbons (Fsp3) is 0.667. The van der Waals surface area contributed by atoms with Crippen molar-refractivity contribution in [3.63, 3.8) is 0 Å². The number of ether oxygens (including phenoxy) is 2. The fourth-order valence-electron chi connectivity index (χ4n) is 0.709. The smallest absolute Gasteiger partial charge is 0.385 e. The van der Waals surface area contributed by atoms with Crippen molar-refractivity contribution in [1.29, 1.82) is 0 Å². The van der Waals surface area contributed by atoms with E-state index >= 15 is 0 Å². The van der Waals surface area contributed by atoms with E-state index in [-0.39, 0.29) is 0 Å². The first-order valence-corrected chi connectivity index (χ1v) is 4.97. The van der Waals surface area contributed by atoms with Gasteiger partial charge in [-0.3, -0.25) is 0 Å². The molecule has 0 aliphatic heterocycles. The van der Waals surface area contributed by atoms with Gasteiger partial charge in [-0.1, -0.05) is 0 Å². The van der Waals surface area contributed by atoms with Gasteiger partial charge in [0.05, 0.1) is 0 Å². The van der Waals surface area contributed by atoms with E-state index in [1.165, 1.54) is 0 Å². The molecule has 0 aromatic carbocycles. The van der Waals surface area contributed by atoms with Crippen LogP contribution in [0.4, 0.5) is 0 Å². The first-order chi connectivity index (χ1) is 6.99. The van der Waals surface area contributed by atoms with E-state index in [1.54, 1.807) is 41.5 Å². The summed E-state index contributed by atoms with van der Waals surface area (Å²) in [5, 5.41) is 0. The average Bonchev–Trinajstić information content (AvgIpc) is 1.94. The normalized spacial score (nSPS) is 11.1. The molecule has 90 valence electrons. The minimum Gasteiger partial charge on any atom is -0.450 e. The molecule has 4 nitrogen and oxygen atoms in total. The Morgan fingerprint density at radius 1 is 0.750 bits per heavy atom. The van der Waals surface area contributed by atoms with Crippen molar-refractivity contribution in [3.8, 4) is 11.8 Å². The Morgan fingerprint density at radius 2 is 1.00 bits per heavy atom. The number of hydrogen-bond acceptors (Lipinski definition) is 4. The second-order valence-corrected chi connectivity index (χ2v) is 5.25. The molecular formula is C12H18O4. The van der Waals surface area contributed by atoms with Crippen LogP contribution in [0.2, 0.25) is 0 Å². The third kappa shape index (κ3) is 9.07. The molecule has 4 heteroatoms. The minimum absolute atomic E-state index is 0.611. The molecule has 0 spiro atoms. The van der Waals surface area contributed by atoms with E-state index in [0.29, 0.717) is 0 Å². The number of carbonyl (C=O) groups excluding carboxylic acids is 2. The monoisotopic (exact) mass is 226 g/mol. The van der Waals surface area contributed by atoms with Crippen LogP contribution in [0.25, 0.3) is 0 Å². The zero-order valence-electron chi connectivity index (χ0n) is 10.6. The molecule has 0 bridgehead atoms. The SMILES string of the molecule is CC(C)(C)OC(=O)C#CC(=O)OC(C)(C)C. The van der Waals surface area contributed by atoms with Crippen LogP contribution in [0.15, 0.2) is 0 Å². The van der Waals surface area contributed by atoms with Crippen molar-refractivity contribution in [2.24, 2.45) is 0 Å². The lowest BCUT2D eigenvalue weighted by Gasteiger charge is -2.17. The first-order valence-electron chi connectivity index (χ1n) is 4.97. The average molecular weight is 226 g/mol. The van der Waals surface area contributed by atoms with E-state index in [9.17, 15) is 9.59 Å². The Kier molecular flexibility index (Phi) is 4.55. The van der Waals surface area contributed by atoms with Gasteiger partial charge in [0.1, 0.15) is 11.2 Å². The molecule has 0 radical (unpaired) electrons. The maximum Gasteiger partial charge on any atom is 0.385 e. The molecule has 0 aliphatic rings. The molecule has 0 fully saturated rings. The van der Waals surface area contributed by atoms with Crippen LogP contribution in [-0.4, -0.2) is 23.1 Å². The Bertz CT molecular complexity index is 299. The number of carbonyl (C=O) groups is 2. The second-order valence-electron chi connectivity index (χ2n) is 5.25. The Balaban J connectivity index is 4.31. The Labute approximate surface area is 96.3 Å². The van der Waals surface area contributed by atoms with Crippen LogP contribution in [-0.2, 0) is 19.1 Å². The standard InChI is InChI=1S/C12H18O4/c1-11(2,3)15-9(13)7-8-10(14)16-12(4,5)6/h1-6H3. The second kappa shape index (κ2) is 5.02. The summed E-state index contributed by atoms with van der Waals surface area (Å²) in [6.07, 6.45) is 0. The van der Waals surface area contributed by atoms with Gasteiger partial charge in [-0.25, -0.2) is 9.59 Å². The van der Waals surface area contributed by atoms with Crippen molar-refractivity contribution in [1.82, 2.24) is 0 Å². The Morgan fingerprint density at radius 3 is 1.19 bits per heavy atom. The molecule has 0 saturated heterocycles. The molecule has 0 heterocycles. The molecule has 0 unspecified atom stereocenters. The number of esters is 2. The van der Waals surface area contributed by atoms with E-state index in [4.69, 9.17) is 9.47 Å². The highest BCUT2D eigenvalue weighted by molar-refractivity contribution is 5.98. The fourth-order valence-corrected chi connectivity index (χ4v) is 0.709. The predicted molar refractivity (Wildman–Crippen MR) is 59.5 cm³/mol. The van der Waals surface area contributed by atoms with Gasteiger partial charge < -0.3 is 9.47 Å². The highest BCUT2D eigenvalue weighted by Crippen LogP contribution is 2.07. The van der Waals surface area contributed by atoms with E-state index in [2.05, 4.69) is 11.8 Å². The summed E-state index contributed by atoms with van der Waals surface area (Å²) < 4.78 is 9.80. The van der Waals surface area contributed by atoms with E-state index in [1.807, 2.05) is 0 Å². The number of rotatable bonds is 0.